The van der Waals surface area contributed by atoms with Crippen LogP contribution in [0.15, 0.2) is 11.6 Å². The predicted octanol–water partition coefficient (Wildman–Crippen LogP) is 1.41. The molecule has 2 rings (SSSR count). The van der Waals surface area contributed by atoms with Crippen molar-refractivity contribution in [2.24, 2.45) is 11.3 Å². The summed E-state index contributed by atoms with van der Waals surface area (Å²) in [4.78, 5) is 23.7. The Morgan fingerprint density at radius 3 is 2.71 bits per heavy atom. The molecule has 1 saturated heterocycles. The van der Waals surface area contributed by atoms with Crippen molar-refractivity contribution in [1.29, 1.82) is 5.26 Å². The lowest BCUT2D eigenvalue weighted by molar-refractivity contribution is -0.164. The highest BCUT2D eigenvalue weighted by Gasteiger charge is 2.50. The molecule has 2 unspecified atom stereocenters. The summed E-state index contributed by atoms with van der Waals surface area (Å²) >= 11 is 0. The van der Waals surface area contributed by atoms with Crippen LogP contribution in [0.2, 0.25) is 0 Å². The van der Waals surface area contributed by atoms with Gasteiger partial charge in [-0.15, -0.1) is 0 Å². The zero-order valence-corrected chi connectivity index (χ0v) is 10.2. The third kappa shape index (κ3) is 1.71. The Bertz CT molecular complexity index is 456. The molecule has 0 saturated carbocycles. The smallest absolute Gasteiger partial charge is 0.181 e. The van der Waals surface area contributed by atoms with Gasteiger partial charge in [-0.25, -0.2) is 0 Å². The highest BCUT2D eigenvalue weighted by atomic mass is 16.5. The fraction of sp³-hybridized carbons (Fsp3) is 0.615. The van der Waals surface area contributed by atoms with Crippen LogP contribution in [-0.2, 0) is 14.3 Å². The molecule has 0 spiro atoms. The first-order valence-electron chi connectivity index (χ1n) is 5.73. The van der Waals surface area contributed by atoms with Crippen LogP contribution < -0.4 is 0 Å². The summed E-state index contributed by atoms with van der Waals surface area (Å²) in [5.41, 5.74) is -0.582. The number of carbonyl (C=O) groups is 2. The van der Waals surface area contributed by atoms with Gasteiger partial charge in [-0.05, 0) is 20.8 Å². The minimum absolute atomic E-state index is 0.0324. The van der Waals surface area contributed by atoms with E-state index in [4.69, 9.17) is 10.00 Å². The molecule has 4 nitrogen and oxygen atoms in total. The summed E-state index contributed by atoms with van der Waals surface area (Å²) in [6.45, 7) is 5.27. The molecule has 0 N–H and O–H groups in total. The molecule has 1 fully saturated rings. The first-order chi connectivity index (χ1) is 7.87. The van der Waals surface area contributed by atoms with Gasteiger partial charge in [0.1, 0.15) is 12.2 Å². The Morgan fingerprint density at radius 2 is 2.12 bits per heavy atom. The van der Waals surface area contributed by atoms with Gasteiger partial charge in [0.25, 0.3) is 0 Å². The predicted molar refractivity (Wildman–Crippen MR) is 59.9 cm³/mol. The van der Waals surface area contributed by atoms with Gasteiger partial charge in [0.05, 0.1) is 17.1 Å². The van der Waals surface area contributed by atoms with Gasteiger partial charge in [-0.3, -0.25) is 9.59 Å². The van der Waals surface area contributed by atoms with Gasteiger partial charge in [-0.1, -0.05) is 6.08 Å². The third-order valence-electron chi connectivity index (χ3n) is 3.67. The standard InChI is InChI=1S/C13H15NO3/c1-7-10(15)5-8-4-9(6-14)11(16)13(2,3)12(8)17-7/h4,7-8,12H,5H2,1-3H3/t7-,8?,12?/m0/s1. The van der Waals surface area contributed by atoms with Crippen LogP contribution >= 0.6 is 0 Å². The molecule has 4 heteroatoms. The molecule has 1 heterocycles. The van der Waals surface area contributed by atoms with Crippen molar-refractivity contribution < 1.29 is 14.3 Å². The number of ether oxygens (including phenoxy) is 1. The summed E-state index contributed by atoms with van der Waals surface area (Å²) in [6.07, 6.45) is 1.19. The van der Waals surface area contributed by atoms with E-state index in [0.29, 0.717) is 6.42 Å². The van der Waals surface area contributed by atoms with Crippen molar-refractivity contribution in [2.75, 3.05) is 0 Å². The molecule has 2 aliphatic rings. The maximum absolute atomic E-state index is 12.1. The molecule has 1 aliphatic carbocycles. The van der Waals surface area contributed by atoms with E-state index in [1.54, 1.807) is 26.8 Å². The quantitative estimate of drug-likeness (QED) is 0.634. The summed E-state index contributed by atoms with van der Waals surface area (Å²) in [7, 11) is 0. The molecular formula is C13H15NO3. The van der Waals surface area contributed by atoms with Crippen LogP contribution in [0.3, 0.4) is 0 Å². The SMILES string of the molecule is C[C@@H]1OC2C(C=C(C#N)C(=O)C2(C)C)CC1=O. The Morgan fingerprint density at radius 1 is 1.47 bits per heavy atom. The topological polar surface area (TPSA) is 67.2 Å². The second kappa shape index (κ2) is 3.78. The second-order valence-corrected chi connectivity index (χ2v) is 5.28. The lowest BCUT2D eigenvalue weighted by Crippen LogP contribution is -2.53. The van der Waals surface area contributed by atoms with E-state index in [9.17, 15) is 9.59 Å². The first-order valence-corrected chi connectivity index (χ1v) is 5.73. The van der Waals surface area contributed by atoms with E-state index in [1.165, 1.54) is 0 Å². The number of nitrogens with zero attached hydrogens (tertiary/aromatic N) is 1. The van der Waals surface area contributed by atoms with Gasteiger partial charge in [0.2, 0.25) is 0 Å². The lowest BCUT2D eigenvalue weighted by Gasteiger charge is -2.44. The molecule has 90 valence electrons. The van der Waals surface area contributed by atoms with E-state index >= 15 is 0 Å². The van der Waals surface area contributed by atoms with Gasteiger partial charge in [0, 0.05) is 12.3 Å². The number of rotatable bonds is 0. The van der Waals surface area contributed by atoms with E-state index in [-0.39, 0.29) is 29.2 Å². The molecule has 17 heavy (non-hydrogen) atoms. The minimum Gasteiger partial charge on any atom is -0.366 e. The van der Waals surface area contributed by atoms with Crippen LogP contribution in [0.5, 0.6) is 0 Å². The average Bonchev–Trinajstić information content (AvgIpc) is 2.27. The van der Waals surface area contributed by atoms with E-state index < -0.39 is 11.5 Å². The largest absolute Gasteiger partial charge is 0.366 e. The molecule has 3 atom stereocenters. The van der Waals surface area contributed by atoms with E-state index in [2.05, 4.69) is 0 Å². The van der Waals surface area contributed by atoms with Crippen molar-refractivity contribution in [1.82, 2.24) is 0 Å². The van der Waals surface area contributed by atoms with Crippen molar-refractivity contribution in [3.63, 3.8) is 0 Å². The number of ketones is 2. The van der Waals surface area contributed by atoms with Crippen LogP contribution in [0.1, 0.15) is 27.2 Å². The first kappa shape index (κ1) is 12.0. The molecule has 0 radical (unpaired) electrons. The molecule has 0 aromatic rings. The van der Waals surface area contributed by atoms with Crippen molar-refractivity contribution in [2.45, 2.75) is 39.4 Å². The van der Waals surface area contributed by atoms with Crippen LogP contribution in [0, 0.1) is 22.7 Å². The summed E-state index contributed by atoms with van der Waals surface area (Å²) in [5, 5.41) is 8.94. The lowest BCUT2D eigenvalue weighted by atomic mass is 9.67. The molecule has 1 aliphatic heterocycles. The molecule has 0 aromatic heterocycles. The maximum Gasteiger partial charge on any atom is 0.181 e. The normalized spacial score (nSPS) is 35.9. The number of fused-ring (bicyclic) bond motifs is 1. The van der Waals surface area contributed by atoms with Crippen molar-refractivity contribution >= 4 is 11.6 Å². The Hall–Kier alpha value is -1.47. The highest BCUT2D eigenvalue weighted by Crippen LogP contribution is 2.42. The number of carbonyl (C=O) groups excluding carboxylic acids is 2. The van der Waals surface area contributed by atoms with Crippen LogP contribution in [0.4, 0.5) is 0 Å². The third-order valence-corrected chi connectivity index (χ3v) is 3.67. The van der Waals surface area contributed by atoms with E-state index in [0.717, 1.165) is 0 Å². The average molecular weight is 233 g/mol. The summed E-state index contributed by atoms with van der Waals surface area (Å²) in [5.74, 6) is -0.311. The zero-order chi connectivity index (χ0) is 12.8. The Balaban J connectivity index is 2.43. The zero-order valence-electron chi connectivity index (χ0n) is 10.2. The Kier molecular flexibility index (Phi) is 2.67. The molecule has 0 amide bonds. The van der Waals surface area contributed by atoms with Gasteiger partial charge >= 0.3 is 0 Å². The summed E-state index contributed by atoms with van der Waals surface area (Å²) < 4.78 is 5.66. The molecule has 0 aromatic carbocycles. The van der Waals surface area contributed by atoms with Crippen LogP contribution in [0.25, 0.3) is 0 Å². The molecule has 0 bridgehead atoms. The molecular weight excluding hydrogens is 218 g/mol. The number of hydrogen-bond donors (Lipinski definition) is 0. The number of allylic oxidation sites excluding steroid dienone is 1. The minimum atomic E-state index is -0.737. The van der Waals surface area contributed by atoms with Gasteiger partial charge in [0.15, 0.2) is 11.6 Å². The number of Topliss-reactive ketones (excluding diaryl/α,β-unsaturated/α-hetero) is 2. The Labute approximate surface area is 100 Å². The fourth-order valence-corrected chi connectivity index (χ4v) is 2.61. The second-order valence-electron chi connectivity index (χ2n) is 5.28. The fourth-order valence-electron chi connectivity index (χ4n) is 2.61. The number of hydrogen-bond acceptors (Lipinski definition) is 4. The van der Waals surface area contributed by atoms with Gasteiger partial charge < -0.3 is 4.74 Å². The van der Waals surface area contributed by atoms with Crippen molar-refractivity contribution in [3.8, 4) is 6.07 Å². The van der Waals surface area contributed by atoms with Crippen molar-refractivity contribution in [3.05, 3.63) is 11.6 Å². The van der Waals surface area contributed by atoms with Crippen LogP contribution in [-0.4, -0.2) is 23.8 Å². The van der Waals surface area contributed by atoms with Gasteiger partial charge in [-0.2, -0.15) is 5.26 Å². The summed E-state index contributed by atoms with van der Waals surface area (Å²) in [6, 6.07) is 1.91. The number of nitriles is 1. The maximum atomic E-state index is 12.1. The van der Waals surface area contributed by atoms with E-state index in [1.807, 2.05) is 6.07 Å². The highest BCUT2D eigenvalue weighted by molar-refractivity contribution is 6.04. The monoisotopic (exact) mass is 233 g/mol.